The fourth-order valence-corrected chi connectivity index (χ4v) is 3.74. The highest BCUT2D eigenvalue weighted by molar-refractivity contribution is 7.92. The molecule has 0 spiro atoms. The number of H-pyrrole nitrogens is 1. The van der Waals surface area contributed by atoms with E-state index < -0.39 is 16.0 Å². The van der Waals surface area contributed by atoms with Crippen molar-refractivity contribution in [2.24, 2.45) is 0 Å². The van der Waals surface area contributed by atoms with Crippen molar-refractivity contribution in [3.05, 3.63) is 53.7 Å². The van der Waals surface area contributed by atoms with Gasteiger partial charge in [-0.3, -0.25) is 9.82 Å². The highest BCUT2D eigenvalue weighted by Gasteiger charge is 2.20. The number of aromatic amines is 1. The second-order valence-corrected chi connectivity index (χ2v) is 6.86. The summed E-state index contributed by atoms with van der Waals surface area (Å²) in [6, 6.07) is 9.56. The number of esters is 1. The Balaban J connectivity index is 2.05. The van der Waals surface area contributed by atoms with E-state index in [1.54, 1.807) is 37.4 Å². The van der Waals surface area contributed by atoms with E-state index in [9.17, 15) is 13.2 Å². The largest absolute Gasteiger partial charge is 0.465 e. The van der Waals surface area contributed by atoms with Crippen LogP contribution in [0.5, 0.6) is 0 Å². The van der Waals surface area contributed by atoms with Gasteiger partial charge in [0, 0.05) is 5.39 Å². The average molecular weight is 345 g/mol. The number of methoxy groups -OCH3 is 1. The first kappa shape index (κ1) is 16.0. The number of benzene rings is 2. The standard InChI is InChI=1S/C16H15N3O4S/c1-10-6-7-11(16(20)23-2)8-15(10)24(21,22)19-14-5-3-4-13-12(14)9-17-18-13/h3-9,19H,1-2H3,(H,17,18). The Labute approximate surface area is 138 Å². The van der Waals surface area contributed by atoms with Crippen LogP contribution < -0.4 is 4.72 Å². The third-order valence-electron chi connectivity index (χ3n) is 3.63. The van der Waals surface area contributed by atoms with Gasteiger partial charge in [0.05, 0.1) is 35.0 Å². The minimum atomic E-state index is -3.88. The van der Waals surface area contributed by atoms with Crippen LogP contribution in [0.25, 0.3) is 10.9 Å². The maximum Gasteiger partial charge on any atom is 0.337 e. The number of aryl methyl sites for hydroxylation is 1. The number of sulfonamides is 1. The van der Waals surface area contributed by atoms with E-state index in [2.05, 4.69) is 19.7 Å². The van der Waals surface area contributed by atoms with E-state index >= 15 is 0 Å². The van der Waals surface area contributed by atoms with Gasteiger partial charge in [0.2, 0.25) is 0 Å². The van der Waals surface area contributed by atoms with Crippen molar-refractivity contribution in [3.63, 3.8) is 0 Å². The van der Waals surface area contributed by atoms with Crippen molar-refractivity contribution in [2.75, 3.05) is 11.8 Å². The van der Waals surface area contributed by atoms with Crippen LogP contribution in [0.3, 0.4) is 0 Å². The second kappa shape index (κ2) is 5.97. The fraction of sp³-hybridized carbons (Fsp3) is 0.125. The molecule has 8 heteroatoms. The van der Waals surface area contributed by atoms with Crippen molar-refractivity contribution in [1.29, 1.82) is 0 Å². The third-order valence-corrected chi connectivity index (χ3v) is 5.14. The first-order valence-electron chi connectivity index (χ1n) is 7.06. The lowest BCUT2D eigenvalue weighted by atomic mass is 10.1. The van der Waals surface area contributed by atoms with Gasteiger partial charge in [0.25, 0.3) is 10.0 Å². The van der Waals surface area contributed by atoms with Gasteiger partial charge in [-0.15, -0.1) is 0 Å². The summed E-state index contributed by atoms with van der Waals surface area (Å²) in [5.74, 6) is -0.594. The van der Waals surface area contributed by atoms with Crippen LogP contribution in [0.2, 0.25) is 0 Å². The maximum atomic E-state index is 12.8. The average Bonchev–Trinajstić information content (AvgIpc) is 3.04. The van der Waals surface area contributed by atoms with E-state index in [0.717, 1.165) is 5.52 Å². The van der Waals surface area contributed by atoms with Gasteiger partial charge in [-0.1, -0.05) is 12.1 Å². The Hall–Kier alpha value is -2.87. The Kier molecular flexibility index (Phi) is 3.98. The van der Waals surface area contributed by atoms with Crippen LogP contribution in [-0.4, -0.2) is 31.7 Å². The molecule has 3 rings (SSSR count). The molecule has 0 unspecified atom stereocenters. The molecular formula is C16H15N3O4S. The molecule has 0 radical (unpaired) electrons. The number of carbonyl (C=O) groups is 1. The van der Waals surface area contributed by atoms with Gasteiger partial charge in [0.15, 0.2) is 0 Å². The summed E-state index contributed by atoms with van der Waals surface area (Å²) >= 11 is 0. The molecule has 3 aromatic rings. The lowest BCUT2D eigenvalue weighted by molar-refractivity contribution is 0.0600. The molecule has 0 fully saturated rings. The quantitative estimate of drug-likeness (QED) is 0.707. The van der Waals surface area contributed by atoms with Gasteiger partial charge in [-0.25, -0.2) is 13.2 Å². The lowest BCUT2D eigenvalue weighted by Crippen LogP contribution is -2.15. The summed E-state index contributed by atoms with van der Waals surface area (Å²) in [5.41, 5.74) is 1.82. The molecule has 0 saturated heterocycles. The van der Waals surface area contributed by atoms with Crippen molar-refractivity contribution in [1.82, 2.24) is 10.2 Å². The molecule has 2 N–H and O–H groups in total. The van der Waals surface area contributed by atoms with E-state index in [1.807, 2.05) is 0 Å². The van der Waals surface area contributed by atoms with Crippen molar-refractivity contribution in [2.45, 2.75) is 11.8 Å². The van der Waals surface area contributed by atoms with Gasteiger partial charge in [-0.05, 0) is 36.8 Å². The number of hydrogen-bond donors (Lipinski definition) is 2. The Morgan fingerprint density at radius 3 is 2.79 bits per heavy atom. The molecule has 1 heterocycles. The predicted molar refractivity (Wildman–Crippen MR) is 89.4 cm³/mol. The summed E-state index contributed by atoms with van der Waals surface area (Å²) < 4.78 is 32.7. The van der Waals surface area contributed by atoms with Crippen molar-refractivity contribution < 1.29 is 17.9 Å². The van der Waals surface area contributed by atoms with E-state index in [4.69, 9.17) is 0 Å². The molecule has 0 aliphatic carbocycles. The molecule has 0 bridgehead atoms. The summed E-state index contributed by atoms with van der Waals surface area (Å²) in [4.78, 5) is 11.7. The monoisotopic (exact) mass is 345 g/mol. The summed E-state index contributed by atoms with van der Waals surface area (Å²) in [6.07, 6.45) is 1.55. The zero-order valence-electron chi connectivity index (χ0n) is 13.0. The summed E-state index contributed by atoms with van der Waals surface area (Å²) in [5, 5.41) is 7.35. The molecular weight excluding hydrogens is 330 g/mol. The first-order valence-corrected chi connectivity index (χ1v) is 8.54. The Morgan fingerprint density at radius 1 is 1.25 bits per heavy atom. The van der Waals surface area contributed by atoms with Crippen LogP contribution in [0.15, 0.2) is 47.5 Å². The molecule has 0 aliphatic heterocycles. The number of hydrogen-bond acceptors (Lipinski definition) is 5. The van der Waals surface area contributed by atoms with Crippen LogP contribution in [-0.2, 0) is 14.8 Å². The van der Waals surface area contributed by atoms with E-state index in [1.165, 1.54) is 19.2 Å². The van der Waals surface area contributed by atoms with Gasteiger partial charge in [0.1, 0.15) is 0 Å². The number of aromatic nitrogens is 2. The molecule has 0 saturated carbocycles. The molecule has 2 aromatic carbocycles. The highest BCUT2D eigenvalue weighted by atomic mass is 32.2. The predicted octanol–water partition coefficient (Wildman–Crippen LogP) is 2.46. The van der Waals surface area contributed by atoms with Gasteiger partial charge < -0.3 is 4.74 Å². The highest BCUT2D eigenvalue weighted by Crippen LogP contribution is 2.26. The topological polar surface area (TPSA) is 101 Å². The first-order chi connectivity index (χ1) is 11.4. The number of nitrogens with one attached hydrogen (secondary N) is 2. The second-order valence-electron chi connectivity index (χ2n) is 5.21. The van der Waals surface area contributed by atoms with Crippen molar-refractivity contribution >= 4 is 32.6 Å². The Morgan fingerprint density at radius 2 is 2.04 bits per heavy atom. The normalized spacial score (nSPS) is 11.4. The van der Waals surface area contributed by atoms with Crippen LogP contribution in [0, 0.1) is 6.92 Å². The van der Waals surface area contributed by atoms with E-state index in [0.29, 0.717) is 16.6 Å². The minimum Gasteiger partial charge on any atom is -0.465 e. The SMILES string of the molecule is COC(=O)c1ccc(C)c(S(=O)(=O)Nc2cccc3[nH]ncc23)c1. The molecule has 124 valence electrons. The van der Waals surface area contributed by atoms with Gasteiger partial charge >= 0.3 is 5.97 Å². The smallest absolute Gasteiger partial charge is 0.337 e. The van der Waals surface area contributed by atoms with Crippen molar-refractivity contribution in [3.8, 4) is 0 Å². The Bertz CT molecular complexity index is 1020. The lowest BCUT2D eigenvalue weighted by Gasteiger charge is -2.12. The van der Waals surface area contributed by atoms with Crippen LogP contribution >= 0.6 is 0 Å². The zero-order chi connectivity index (χ0) is 17.3. The number of ether oxygens (including phenoxy) is 1. The molecule has 0 atom stereocenters. The number of carbonyl (C=O) groups excluding carboxylic acids is 1. The molecule has 0 aliphatic rings. The zero-order valence-corrected chi connectivity index (χ0v) is 13.8. The number of nitrogens with zero attached hydrogens (tertiary/aromatic N) is 1. The number of anilines is 1. The fourth-order valence-electron chi connectivity index (χ4n) is 2.39. The van der Waals surface area contributed by atoms with Crippen LogP contribution in [0.1, 0.15) is 15.9 Å². The maximum absolute atomic E-state index is 12.8. The molecule has 24 heavy (non-hydrogen) atoms. The third kappa shape index (κ3) is 2.83. The molecule has 7 nitrogen and oxygen atoms in total. The summed E-state index contributed by atoms with van der Waals surface area (Å²) in [6.45, 7) is 1.66. The molecule has 1 aromatic heterocycles. The number of rotatable bonds is 4. The van der Waals surface area contributed by atoms with Crippen LogP contribution in [0.4, 0.5) is 5.69 Å². The summed E-state index contributed by atoms with van der Waals surface area (Å²) in [7, 11) is -2.63. The van der Waals surface area contributed by atoms with E-state index in [-0.39, 0.29) is 10.5 Å². The van der Waals surface area contributed by atoms with Gasteiger partial charge in [-0.2, -0.15) is 5.10 Å². The minimum absolute atomic E-state index is 0.0193. The molecule has 0 amide bonds. The number of fused-ring (bicyclic) bond motifs is 1.